The maximum Gasteiger partial charge on any atom is 0.318 e. The zero-order chi connectivity index (χ0) is 17.4. The van der Waals surface area contributed by atoms with Crippen molar-refractivity contribution in [1.29, 1.82) is 0 Å². The Hall–Kier alpha value is -1.66. The standard InChI is InChI=1S/C18H30N4O2/c1-5-6-8-16(14-22-9-7-11-23-12-10-22)24-18-19-13-15(2)17(20-18)21(3)4/h5,13,16H,1,6-12,14H2,2-4H3/t16-/m1/s1. The summed E-state index contributed by atoms with van der Waals surface area (Å²) in [6, 6.07) is 0.449. The monoisotopic (exact) mass is 334 g/mol. The molecule has 1 aliphatic rings. The third-order valence-electron chi connectivity index (χ3n) is 4.09. The van der Waals surface area contributed by atoms with Crippen LogP contribution in [0.4, 0.5) is 5.82 Å². The summed E-state index contributed by atoms with van der Waals surface area (Å²) in [7, 11) is 3.96. The average Bonchev–Trinajstić information content (AvgIpc) is 2.82. The summed E-state index contributed by atoms with van der Waals surface area (Å²) < 4.78 is 11.7. The number of aryl methyl sites for hydroxylation is 1. The zero-order valence-corrected chi connectivity index (χ0v) is 15.2. The maximum atomic E-state index is 6.13. The lowest BCUT2D eigenvalue weighted by molar-refractivity contribution is 0.106. The summed E-state index contributed by atoms with van der Waals surface area (Å²) in [5.41, 5.74) is 1.04. The first-order valence-corrected chi connectivity index (χ1v) is 8.68. The minimum absolute atomic E-state index is 0.0545. The lowest BCUT2D eigenvalue weighted by Crippen LogP contribution is -2.37. The van der Waals surface area contributed by atoms with Gasteiger partial charge >= 0.3 is 6.01 Å². The van der Waals surface area contributed by atoms with Gasteiger partial charge in [0, 0.05) is 52.1 Å². The van der Waals surface area contributed by atoms with Crippen molar-refractivity contribution < 1.29 is 9.47 Å². The molecule has 1 aromatic heterocycles. The van der Waals surface area contributed by atoms with E-state index in [0.717, 1.165) is 63.5 Å². The molecule has 0 unspecified atom stereocenters. The lowest BCUT2D eigenvalue weighted by atomic mass is 10.2. The number of ether oxygens (including phenoxy) is 2. The predicted molar refractivity (Wildman–Crippen MR) is 96.8 cm³/mol. The Labute approximate surface area is 145 Å². The predicted octanol–water partition coefficient (Wildman–Crippen LogP) is 2.29. The Morgan fingerprint density at radius 1 is 1.42 bits per heavy atom. The van der Waals surface area contributed by atoms with Crippen LogP contribution in [0.5, 0.6) is 6.01 Å². The molecule has 24 heavy (non-hydrogen) atoms. The minimum Gasteiger partial charge on any atom is -0.459 e. The van der Waals surface area contributed by atoms with Gasteiger partial charge in [-0.05, 0) is 26.2 Å². The van der Waals surface area contributed by atoms with Gasteiger partial charge in [0.05, 0.1) is 6.61 Å². The molecule has 0 radical (unpaired) electrons. The van der Waals surface area contributed by atoms with Crippen molar-refractivity contribution in [3.8, 4) is 6.01 Å². The number of aromatic nitrogens is 2. The van der Waals surface area contributed by atoms with Gasteiger partial charge in [-0.2, -0.15) is 4.98 Å². The highest BCUT2D eigenvalue weighted by molar-refractivity contribution is 5.44. The van der Waals surface area contributed by atoms with E-state index in [-0.39, 0.29) is 6.10 Å². The molecule has 0 aliphatic carbocycles. The van der Waals surface area contributed by atoms with E-state index in [9.17, 15) is 0 Å². The Morgan fingerprint density at radius 2 is 2.25 bits per heavy atom. The van der Waals surface area contributed by atoms with Gasteiger partial charge < -0.3 is 14.4 Å². The van der Waals surface area contributed by atoms with Crippen LogP contribution in [-0.4, -0.2) is 67.9 Å². The molecule has 1 fully saturated rings. The van der Waals surface area contributed by atoms with E-state index in [1.165, 1.54) is 0 Å². The Bertz CT molecular complexity index is 514. The topological polar surface area (TPSA) is 50.7 Å². The molecule has 6 nitrogen and oxygen atoms in total. The van der Waals surface area contributed by atoms with Crippen molar-refractivity contribution in [1.82, 2.24) is 14.9 Å². The van der Waals surface area contributed by atoms with Crippen LogP contribution in [0.3, 0.4) is 0 Å². The molecule has 2 rings (SSSR count). The Balaban J connectivity index is 2.04. The van der Waals surface area contributed by atoms with E-state index < -0.39 is 0 Å². The van der Waals surface area contributed by atoms with Crippen molar-refractivity contribution in [2.75, 3.05) is 51.8 Å². The first-order valence-electron chi connectivity index (χ1n) is 8.68. The van der Waals surface area contributed by atoms with Crippen LogP contribution in [-0.2, 0) is 4.74 Å². The molecule has 0 bridgehead atoms. The van der Waals surface area contributed by atoms with Gasteiger partial charge in [0.15, 0.2) is 0 Å². The fourth-order valence-corrected chi connectivity index (χ4v) is 2.84. The Morgan fingerprint density at radius 3 is 3.00 bits per heavy atom. The molecule has 1 aromatic rings. The summed E-state index contributed by atoms with van der Waals surface area (Å²) in [6.45, 7) is 10.3. The maximum absolute atomic E-state index is 6.13. The second-order valence-corrected chi connectivity index (χ2v) is 6.43. The van der Waals surface area contributed by atoms with Crippen molar-refractivity contribution in [3.05, 3.63) is 24.4 Å². The van der Waals surface area contributed by atoms with Crippen LogP contribution >= 0.6 is 0 Å². The molecule has 2 heterocycles. The average molecular weight is 334 g/mol. The Kier molecular flexibility index (Phi) is 7.46. The first-order chi connectivity index (χ1) is 11.6. The van der Waals surface area contributed by atoms with Crippen LogP contribution < -0.4 is 9.64 Å². The van der Waals surface area contributed by atoms with Gasteiger partial charge in [0.25, 0.3) is 0 Å². The zero-order valence-electron chi connectivity index (χ0n) is 15.2. The molecule has 1 atom stereocenters. The van der Waals surface area contributed by atoms with E-state index in [2.05, 4.69) is 21.4 Å². The van der Waals surface area contributed by atoms with Crippen LogP contribution in [0.25, 0.3) is 0 Å². The summed E-state index contributed by atoms with van der Waals surface area (Å²) in [5, 5.41) is 0. The van der Waals surface area contributed by atoms with Crippen molar-refractivity contribution in [2.24, 2.45) is 0 Å². The molecular formula is C18H30N4O2. The smallest absolute Gasteiger partial charge is 0.318 e. The summed E-state index contributed by atoms with van der Waals surface area (Å²) in [6.07, 6.45) is 6.71. The molecular weight excluding hydrogens is 304 g/mol. The first kappa shape index (κ1) is 18.7. The number of hydrogen-bond donors (Lipinski definition) is 0. The minimum atomic E-state index is 0.0545. The highest BCUT2D eigenvalue weighted by atomic mass is 16.5. The highest BCUT2D eigenvalue weighted by Gasteiger charge is 2.18. The number of nitrogens with zero attached hydrogens (tertiary/aromatic N) is 4. The third-order valence-corrected chi connectivity index (χ3v) is 4.09. The van der Waals surface area contributed by atoms with Gasteiger partial charge in [-0.15, -0.1) is 6.58 Å². The van der Waals surface area contributed by atoms with E-state index >= 15 is 0 Å². The normalized spacial score (nSPS) is 17.1. The molecule has 0 amide bonds. The fraction of sp³-hybridized carbons (Fsp3) is 0.667. The summed E-state index contributed by atoms with van der Waals surface area (Å²) >= 11 is 0. The molecule has 1 saturated heterocycles. The highest BCUT2D eigenvalue weighted by Crippen LogP contribution is 2.18. The third kappa shape index (κ3) is 5.76. The van der Waals surface area contributed by atoms with Gasteiger partial charge in [-0.1, -0.05) is 6.08 Å². The number of hydrogen-bond acceptors (Lipinski definition) is 6. The largest absolute Gasteiger partial charge is 0.459 e. The van der Waals surface area contributed by atoms with Gasteiger partial charge in [-0.25, -0.2) is 4.98 Å². The van der Waals surface area contributed by atoms with E-state index in [1.807, 2.05) is 38.2 Å². The lowest BCUT2D eigenvalue weighted by Gasteiger charge is -2.26. The number of allylic oxidation sites excluding steroid dienone is 1. The second kappa shape index (κ2) is 9.59. The van der Waals surface area contributed by atoms with Crippen molar-refractivity contribution >= 4 is 5.82 Å². The SMILES string of the molecule is C=CCC[C@H](CN1CCCOCC1)Oc1ncc(C)c(N(C)C)n1. The molecule has 134 valence electrons. The number of anilines is 1. The fourth-order valence-electron chi connectivity index (χ4n) is 2.84. The van der Waals surface area contributed by atoms with Gasteiger partial charge in [0.2, 0.25) is 0 Å². The number of rotatable bonds is 8. The van der Waals surface area contributed by atoms with Crippen LogP contribution in [0.1, 0.15) is 24.8 Å². The molecule has 0 aromatic carbocycles. The van der Waals surface area contributed by atoms with Gasteiger partial charge in [-0.3, -0.25) is 4.90 Å². The molecule has 0 spiro atoms. The van der Waals surface area contributed by atoms with Crippen LogP contribution in [0.15, 0.2) is 18.9 Å². The van der Waals surface area contributed by atoms with Gasteiger partial charge in [0.1, 0.15) is 11.9 Å². The van der Waals surface area contributed by atoms with Crippen molar-refractivity contribution in [2.45, 2.75) is 32.3 Å². The second-order valence-electron chi connectivity index (χ2n) is 6.43. The molecule has 0 N–H and O–H groups in total. The van der Waals surface area contributed by atoms with E-state index in [0.29, 0.717) is 6.01 Å². The van der Waals surface area contributed by atoms with Crippen LogP contribution in [0.2, 0.25) is 0 Å². The molecule has 0 saturated carbocycles. The molecule has 1 aliphatic heterocycles. The van der Waals surface area contributed by atoms with E-state index in [1.54, 1.807) is 0 Å². The van der Waals surface area contributed by atoms with Crippen molar-refractivity contribution in [3.63, 3.8) is 0 Å². The molecule has 6 heteroatoms. The van der Waals surface area contributed by atoms with Crippen LogP contribution in [0, 0.1) is 6.92 Å². The summed E-state index contributed by atoms with van der Waals surface area (Å²) in [5.74, 6) is 0.894. The summed E-state index contributed by atoms with van der Waals surface area (Å²) in [4.78, 5) is 13.3. The quantitative estimate of drug-likeness (QED) is 0.680. The van der Waals surface area contributed by atoms with E-state index in [4.69, 9.17) is 9.47 Å².